The quantitative estimate of drug-likeness (QED) is 0.390. The average Bonchev–Trinajstić information content (AvgIpc) is 3.08. The number of aromatic amines is 1. The zero-order chi connectivity index (χ0) is 18.7. The van der Waals surface area contributed by atoms with Crippen LogP contribution in [0.2, 0.25) is 5.02 Å². The van der Waals surface area contributed by atoms with Gasteiger partial charge in [0.2, 0.25) is 0 Å². The molecule has 0 saturated heterocycles. The number of amides is 1. The van der Waals surface area contributed by atoms with E-state index in [0.29, 0.717) is 16.2 Å². The van der Waals surface area contributed by atoms with Crippen molar-refractivity contribution in [1.82, 2.24) is 15.4 Å². The number of nitrogens with zero attached hydrogens (tertiary/aromatic N) is 1. The number of aromatic nitrogens is 2. The lowest BCUT2D eigenvalue weighted by Gasteiger charge is -2.15. The summed E-state index contributed by atoms with van der Waals surface area (Å²) in [4.78, 5) is 24.0. The van der Waals surface area contributed by atoms with E-state index in [1.807, 2.05) is 6.92 Å². The molecule has 0 aliphatic carbocycles. The number of fused-ring (bicyclic) bond motifs is 1. The topological polar surface area (TPSA) is 99.3 Å². The van der Waals surface area contributed by atoms with Crippen molar-refractivity contribution in [2.45, 2.75) is 6.92 Å². The third-order valence-electron chi connectivity index (χ3n) is 3.71. The molecule has 2 aromatic carbocycles. The fraction of sp³-hybridized carbons (Fsp3) is 0.176. The standard InChI is InChI=1S/C17H16ClFN4O3/c1-9-6-10(18)2-3-12(9)22-15-11(17(25)23-26-5-4-24)7-13-16(14(15)19)21-8-20-13/h2-3,6-8,22,24H,4-5H2,1H3,(H,20,21)(H,23,25). The number of benzene rings is 2. The van der Waals surface area contributed by atoms with Crippen molar-refractivity contribution >= 4 is 39.9 Å². The van der Waals surface area contributed by atoms with Crippen molar-refractivity contribution in [3.63, 3.8) is 0 Å². The Kier molecular flexibility index (Phi) is 5.36. The first-order chi connectivity index (χ1) is 12.5. The molecule has 9 heteroatoms. The SMILES string of the molecule is Cc1cc(Cl)ccc1Nc1c(C(=O)NOCCO)cc2[nH]cnc2c1F. The zero-order valence-electron chi connectivity index (χ0n) is 13.8. The van der Waals surface area contributed by atoms with Crippen molar-refractivity contribution < 1.29 is 19.1 Å². The number of hydroxylamine groups is 1. The van der Waals surface area contributed by atoms with E-state index in [0.717, 1.165) is 5.56 Å². The van der Waals surface area contributed by atoms with E-state index in [1.54, 1.807) is 18.2 Å². The lowest BCUT2D eigenvalue weighted by molar-refractivity contribution is 0.0169. The maximum atomic E-state index is 15.0. The van der Waals surface area contributed by atoms with Gasteiger partial charge in [0.25, 0.3) is 5.91 Å². The molecule has 4 N–H and O–H groups in total. The monoisotopic (exact) mass is 378 g/mol. The van der Waals surface area contributed by atoms with Crippen LogP contribution < -0.4 is 10.8 Å². The number of halogens is 2. The van der Waals surface area contributed by atoms with Gasteiger partial charge >= 0.3 is 0 Å². The molecule has 0 saturated carbocycles. The number of H-pyrrole nitrogens is 1. The van der Waals surface area contributed by atoms with Crippen molar-refractivity contribution in [3.8, 4) is 0 Å². The van der Waals surface area contributed by atoms with E-state index in [1.165, 1.54) is 12.4 Å². The van der Waals surface area contributed by atoms with E-state index < -0.39 is 11.7 Å². The summed E-state index contributed by atoms with van der Waals surface area (Å²) in [6.07, 6.45) is 1.34. The van der Waals surface area contributed by atoms with Gasteiger partial charge in [0.05, 0.1) is 36.3 Å². The highest BCUT2D eigenvalue weighted by molar-refractivity contribution is 6.30. The Morgan fingerprint density at radius 2 is 2.23 bits per heavy atom. The number of aliphatic hydroxyl groups is 1. The molecule has 0 aliphatic heterocycles. The molecule has 0 fully saturated rings. The fourth-order valence-electron chi connectivity index (χ4n) is 2.46. The Morgan fingerprint density at radius 1 is 1.42 bits per heavy atom. The molecule has 0 spiro atoms. The number of hydrogen-bond donors (Lipinski definition) is 4. The Balaban J connectivity index is 2.04. The molecule has 0 unspecified atom stereocenters. The van der Waals surface area contributed by atoms with Crippen LogP contribution in [0.4, 0.5) is 15.8 Å². The van der Waals surface area contributed by atoms with Crippen LogP contribution in [-0.4, -0.2) is 34.2 Å². The van der Waals surface area contributed by atoms with Gasteiger partial charge < -0.3 is 15.4 Å². The molecule has 0 radical (unpaired) electrons. The van der Waals surface area contributed by atoms with Gasteiger partial charge in [-0.1, -0.05) is 11.6 Å². The Morgan fingerprint density at radius 3 is 2.96 bits per heavy atom. The zero-order valence-corrected chi connectivity index (χ0v) is 14.5. The largest absolute Gasteiger partial charge is 0.394 e. The van der Waals surface area contributed by atoms with E-state index in [-0.39, 0.29) is 30.0 Å². The number of anilines is 2. The molecular formula is C17H16ClFN4O3. The van der Waals surface area contributed by atoms with Gasteiger partial charge in [-0.05, 0) is 36.8 Å². The summed E-state index contributed by atoms with van der Waals surface area (Å²) >= 11 is 5.95. The van der Waals surface area contributed by atoms with Crippen LogP contribution in [0, 0.1) is 12.7 Å². The third-order valence-corrected chi connectivity index (χ3v) is 3.94. The summed E-state index contributed by atoms with van der Waals surface area (Å²) in [6.45, 7) is 1.46. The second-order valence-electron chi connectivity index (χ2n) is 5.50. The number of nitrogens with one attached hydrogen (secondary N) is 3. The van der Waals surface area contributed by atoms with Gasteiger partial charge in [0, 0.05) is 10.7 Å². The Labute approximate surface area is 153 Å². The van der Waals surface area contributed by atoms with Crippen molar-refractivity contribution in [1.29, 1.82) is 0 Å². The minimum atomic E-state index is -0.676. The van der Waals surface area contributed by atoms with Crippen LogP contribution in [0.1, 0.15) is 15.9 Å². The molecule has 0 atom stereocenters. The molecule has 26 heavy (non-hydrogen) atoms. The van der Waals surface area contributed by atoms with Crippen LogP contribution in [0.15, 0.2) is 30.6 Å². The second-order valence-corrected chi connectivity index (χ2v) is 5.94. The summed E-state index contributed by atoms with van der Waals surface area (Å²) in [7, 11) is 0. The minimum absolute atomic E-state index is 0.0199. The highest BCUT2D eigenvalue weighted by Crippen LogP contribution is 2.31. The average molecular weight is 379 g/mol. The minimum Gasteiger partial charge on any atom is -0.394 e. The summed E-state index contributed by atoms with van der Waals surface area (Å²) < 4.78 is 15.0. The summed E-state index contributed by atoms with van der Waals surface area (Å²) in [6, 6.07) is 6.54. The maximum absolute atomic E-state index is 15.0. The number of aryl methyl sites for hydroxylation is 1. The first kappa shape index (κ1) is 18.1. The maximum Gasteiger partial charge on any atom is 0.277 e. The molecule has 7 nitrogen and oxygen atoms in total. The van der Waals surface area contributed by atoms with Crippen LogP contribution in [0.5, 0.6) is 0 Å². The molecule has 136 valence electrons. The van der Waals surface area contributed by atoms with Crippen LogP contribution >= 0.6 is 11.6 Å². The van der Waals surface area contributed by atoms with Crippen molar-refractivity contribution in [2.75, 3.05) is 18.5 Å². The summed E-state index contributed by atoms with van der Waals surface area (Å²) in [5.74, 6) is -1.34. The number of hydrogen-bond acceptors (Lipinski definition) is 5. The third kappa shape index (κ3) is 3.62. The predicted octanol–water partition coefficient (Wildman–Crippen LogP) is 3.06. The molecule has 3 aromatic rings. The van der Waals surface area contributed by atoms with Crippen molar-refractivity contribution in [2.24, 2.45) is 0 Å². The molecule has 1 amide bonds. The first-order valence-corrected chi connectivity index (χ1v) is 8.10. The van der Waals surface area contributed by atoms with Crippen LogP contribution in [0.3, 0.4) is 0 Å². The smallest absolute Gasteiger partial charge is 0.277 e. The fourth-order valence-corrected chi connectivity index (χ4v) is 2.69. The lowest BCUT2D eigenvalue weighted by Crippen LogP contribution is -2.26. The van der Waals surface area contributed by atoms with Gasteiger partial charge in [0.1, 0.15) is 5.52 Å². The van der Waals surface area contributed by atoms with E-state index in [9.17, 15) is 9.18 Å². The number of rotatable bonds is 6. The number of carbonyl (C=O) groups excluding carboxylic acids is 1. The molecule has 1 heterocycles. The molecular weight excluding hydrogens is 363 g/mol. The molecule has 3 rings (SSSR count). The molecule has 0 bridgehead atoms. The van der Waals surface area contributed by atoms with Crippen molar-refractivity contribution in [3.05, 3.63) is 52.6 Å². The molecule has 0 aliphatic rings. The molecule has 1 aromatic heterocycles. The van der Waals surface area contributed by atoms with Gasteiger partial charge in [-0.3, -0.25) is 9.63 Å². The Bertz CT molecular complexity index is 961. The highest BCUT2D eigenvalue weighted by atomic mass is 35.5. The lowest BCUT2D eigenvalue weighted by atomic mass is 10.1. The van der Waals surface area contributed by atoms with E-state index >= 15 is 0 Å². The predicted molar refractivity (Wildman–Crippen MR) is 96.0 cm³/mol. The highest BCUT2D eigenvalue weighted by Gasteiger charge is 2.21. The van der Waals surface area contributed by atoms with Gasteiger partial charge in [-0.15, -0.1) is 0 Å². The van der Waals surface area contributed by atoms with Gasteiger partial charge in [0.15, 0.2) is 5.82 Å². The van der Waals surface area contributed by atoms with E-state index in [4.69, 9.17) is 21.5 Å². The number of imidazole rings is 1. The number of carbonyl (C=O) groups is 1. The van der Waals surface area contributed by atoms with E-state index in [2.05, 4.69) is 20.8 Å². The summed E-state index contributed by atoms with van der Waals surface area (Å²) in [5, 5.41) is 12.2. The number of aliphatic hydroxyl groups excluding tert-OH is 1. The second kappa shape index (κ2) is 7.69. The van der Waals surface area contributed by atoms with Gasteiger partial charge in [-0.25, -0.2) is 14.9 Å². The van der Waals surface area contributed by atoms with Crippen LogP contribution in [-0.2, 0) is 4.84 Å². The summed E-state index contributed by atoms with van der Waals surface area (Å²) in [5.41, 5.74) is 3.99. The Hall–Kier alpha value is -2.68. The van der Waals surface area contributed by atoms with Crippen LogP contribution in [0.25, 0.3) is 11.0 Å². The van der Waals surface area contributed by atoms with Gasteiger partial charge in [-0.2, -0.15) is 0 Å². The first-order valence-electron chi connectivity index (χ1n) is 7.73. The normalized spacial score (nSPS) is 10.9.